The van der Waals surface area contributed by atoms with Gasteiger partial charge in [-0.3, -0.25) is 24.7 Å². The van der Waals surface area contributed by atoms with E-state index in [0.717, 1.165) is 17.3 Å². The van der Waals surface area contributed by atoms with Crippen LogP contribution in [0.25, 0.3) is 16.5 Å². The molecule has 3 atom stereocenters. The third-order valence-corrected chi connectivity index (χ3v) is 7.11. The number of benzene rings is 2. The van der Waals surface area contributed by atoms with Crippen LogP contribution in [-0.4, -0.2) is 70.6 Å². The fourth-order valence-corrected chi connectivity index (χ4v) is 5.30. The molecule has 36 heavy (non-hydrogen) atoms. The average Bonchev–Trinajstić information content (AvgIpc) is 2.92. The van der Waals surface area contributed by atoms with Crippen LogP contribution in [0.2, 0.25) is 0 Å². The number of piperidine rings is 1. The first-order valence-corrected chi connectivity index (χ1v) is 12.2. The van der Waals surface area contributed by atoms with Crippen molar-refractivity contribution in [2.24, 2.45) is 5.92 Å². The molecular weight excluding hydrogens is 456 g/mol. The van der Waals surface area contributed by atoms with Crippen molar-refractivity contribution in [2.45, 2.75) is 25.0 Å². The molecule has 3 aromatic rings. The summed E-state index contributed by atoms with van der Waals surface area (Å²) < 4.78 is 6.23. The third-order valence-electron chi connectivity index (χ3n) is 7.11. The van der Waals surface area contributed by atoms with E-state index in [1.54, 1.807) is 16.6 Å². The normalized spacial score (nSPS) is 22.7. The minimum Gasteiger partial charge on any atom is -0.489 e. The van der Waals surface area contributed by atoms with Gasteiger partial charge >= 0.3 is 0 Å². The quantitative estimate of drug-likeness (QED) is 0.425. The van der Waals surface area contributed by atoms with Gasteiger partial charge in [-0.25, -0.2) is 5.48 Å². The van der Waals surface area contributed by atoms with E-state index < -0.39 is 17.9 Å². The Morgan fingerprint density at radius 2 is 1.94 bits per heavy atom. The number of hydrogen-bond acceptors (Lipinski definition) is 6. The smallest absolute Gasteiger partial charge is 0.248 e. The number of likely N-dealkylation sites (tertiary alicyclic amines) is 1. The van der Waals surface area contributed by atoms with Gasteiger partial charge in [0.2, 0.25) is 11.8 Å². The summed E-state index contributed by atoms with van der Waals surface area (Å²) in [5.41, 5.74) is 5.03. The lowest BCUT2D eigenvalue weighted by atomic mass is 9.86. The summed E-state index contributed by atoms with van der Waals surface area (Å²) in [5, 5.41) is 10.4. The lowest BCUT2D eigenvalue weighted by Crippen LogP contribution is -2.60. The maximum Gasteiger partial charge on any atom is 0.248 e. The number of fused-ring (bicyclic) bond motifs is 1. The highest BCUT2D eigenvalue weighted by atomic mass is 16.5. The number of hydroxylamine groups is 1. The zero-order valence-electron chi connectivity index (χ0n) is 20.2. The Labute approximate surface area is 210 Å². The van der Waals surface area contributed by atoms with Crippen LogP contribution in [-0.2, 0) is 9.59 Å². The van der Waals surface area contributed by atoms with E-state index in [2.05, 4.69) is 23.2 Å². The average molecular weight is 487 g/mol. The Kier molecular flexibility index (Phi) is 6.97. The van der Waals surface area contributed by atoms with Crippen molar-refractivity contribution < 1.29 is 19.5 Å². The molecule has 8 nitrogen and oxygen atoms in total. The van der Waals surface area contributed by atoms with E-state index in [0.29, 0.717) is 31.8 Å². The van der Waals surface area contributed by atoms with Crippen molar-refractivity contribution in [3.63, 3.8) is 0 Å². The van der Waals surface area contributed by atoms with E-state index in [-0.39, 0.29) is 12.0 Å². The molecule has 1 fully saturated rings. The zero-order valence-corrected chi connectivity index (χ0v) is 20.2. The number of likely N-dealkylation sites (N-methyl/N-ethyl adjacent to an activating group) is 1. The Balaban J connectivity index is 1.30. The van der Waals surface area contributed by atoms with Crippen LogP contribution in [0, 0.1) is 5.92 Å². The summed E-state index contributed by atoms with van der Waals surface area (Å²) in [4.78, 5) is 34.3. The third kappa shape index (κ3) is 4.96. The van der Waals surface area contributed by atoms with Crippen molar-refractivity contribution in [3.05, 3.63) is 78.5 Å². The standard InChI is InChI=1S/C28H30N4O4/c1-31-18-23(36-22-9-10-25-21(16-22)8-5-13-29-25)17-24(27(33)30-35)26(31)28(34)32-14-11-20(12-15-32)19-6-3-2-4-7-19/h2-11,13,16,23-24,26,35H,12,14-15,17-18H2,1H3,(H,30,33)/t23-,24-,26-/m0/s1. The molecule has 0 unspecified atom stereocenters. The molecule has 0 bridgehead atoms. The van der Waals surface area contributed by atoms with Crippen LogP contribution in [0.3, 0.4) is 0 Å². The van der Waals surface area contributed by atoms with Crippen molar-refractivity contribution in [1.82, 2.24) is 20.3 Å². The lowest BCUT2D eigenvalue weighted by molar-refractivity contribution is -0.151. The van der Waals surface area contributed by atoms with Gasteiger partial charge in [-0.05, 0) is 55.3 Å². The molecule has 2 aliphatic rings. The van der Waals surface area contributed by atoms with E-state index in [9.17, 15) is 14.8 Å². The molecule has 0 saturated carbocycles. The van der Waals surface area contributed by atoms with Crippen LogP contribution < -0.4 is 10.2 Å². The number of ether oxygens (including phenoxy) is 1. The van der Waals surface area contributed by atoms with E-state index >= 15 is 0 Å². The fourth-order valence-electron chi connectivity index (χ4n) is 5.30. The Bertz CT molecular complexity index is 1280. The molecule has 2 aromatic carbocycles. The number of amides is 2. The van der Waals surface area contributed by atoms with Gasteiger partial charge in [0.15, 0.2) is 0 Å². The molecule has 0 aliphatic carbocycles. The molecule has 0 spiro atoms. The minimum atomic E-state index is -0.743. The van der Waals surface area contributed by atoms with Crippen LogP contribution in [0.4, 0.5) is 0 Å². The first-order valence-electron chi connectivity index (χ1n) is 12.2. The minimum absolute atomic E-state index is 0.107. The Morgan fingerprint density at radius 3 is 2.69 bits per heavy atom. The van der Waals surface area contributed by atoms with Gasteiger partial charge in [-0.2, -0.15) is 0 Å². The largest absolute Gasteiger partial charge is 0.489 e. The first-order chi connectivity index (χ1) is 17.5. The van der Waals surface area contributed by atoms with E-state index in [1.807, 2.05) is 60.5 Å². The lowest BCUT2D eigenvalue weighted by Gasteiger charge is -2.43. The Hall–Kier alpha value is -3.75. The molecule has 1 saturated heterocycles. The number of nitrogens with one attached hydrogen (secondary N) is 1. The van der Waals surface area contributed by atoms with Gasteiger partial charge in [0, 0.05) is 31.2 Å². The van der Waals surface area contributed by atoms with Crippen molar-refractivity contribution >= 4 is 28.3 Å². The SMILES string of the molecule is CN1C[C@@H](Oc2ccc3ncccc3c2)C[C@H](C(=O)NO)[C@H]1C(=O)N1CC=C(c2ccccc2)CC1. The zero-order chi connectivity index (χ0) is 25.1. The molecule has 8 heteroatoms. The number of pyridine rings is 1. The molecule has 3 heterocycles. The van der Waals surface area contributed by atoms with Gasteiger partial charge in [0.1, 0.15) is 17.9 Å². The number of carbonyl (C=O) groups excluding carboxylic acids is 2. The summed E-state index contributed by atoms with van der Waals surface area (Å²) in [6.45, 7) is 1.56. The van der Waals surface area contributed by atoms with Crippen molar-refractivity contribution in [2.75, 3.05) is 26.7 Å². The van der Waals surface area contributed by atoms with E-state index in [4.69, 9.17) is 4.74 Å². The van der Waals surface area contributed by atoms with Crippen molar-refractivity contribution in [1.29, 1.82) is 0 Å². The second-order valence-corrected chi connectivity index (χ2v) is 9.43. The van der Waals surface area contributed by atoms with Crippen LogP contribution >= 0.6 is 0 Å². The number of nitrogens with zero attached hydrogens (tertiary/aromatic N) is 3. The van der Waals surface area contributed by atoms with Gasteiger partial charge in [-0.1, -0.05) is 42.5 Å². The molecule has 2 amide bonds. The van der Waals surface area contributed by atoms with Gasteiger partial charge in [-0.15, -0.1) is 0 Å². The molecule has 5 rings (SSSR count). The highest BCUT2D eigenvalue weighted by Crippen LogP contribution is 2.30. The summed E-state index contributed by atoms with van der Waals surface area (Å²) in [6, 6.07) is 19.0. The number of carbonyl (C=O) groups is 2. The second-order valence-electron chi connectivity index (χ2n) is 9.43. The summed E-state index contributed by atoms with van der Waals surface area (Å²) in [6.07, 6.45) is 4.58. The summed E-state index contributed by atoms with van der Waals surface area (Å²) in [5.74, 6) is -0.747. The highest BCUT2D eigenvalue weighted by Gasteiger charge is 2.45. The maximum atomic E-state index is 13.6. The fraction of sp³-hybridized carbons (Fsp3) is 0.321. The highest BCUT2D eigenvalue weighted by molar-refractivity contribution is 5.90. The number of hydrogen-bond donors (Lipinski definition) is 2. The predicted molar refractivity (Wildman–Crippen MR) is 136 cm³/mol. The van der Waals surface area contributed by atoms with E-state index in [1.165, 1.54) is 11.1 Å². The number of rotatable bonds is 5. The molecule has 2 N–H and O–H groups in total. The summed E-state index contributed by atoms with van der Waals surface area (Å²) >= 11 is 0. The van der Waals surface area contributed by atoms with Gasteiger partial charge < -0.3 is 9.64 Å². The van der Waals surface area contributed by atoms with Crippen LogP contribution in [0.15, 0.2) is 72.9 Å². The predicted octanol–water partition coefficient (Wildman–Crippen LogP) is 3.12. The molecule has 186 valence electrons. The first kappa shape index (κ1) is 24.0. The van der Waals surface area contributed by atoms with Crippen LogP contribution in [0.1, 0.15) is 18.4 Å². The topological polar surface area (TPSA) is 95.0 Å². The molecule has 0 radical (unpaired) electrons. The molecular formula is C28H30N4O4. The number of aromatic nitrogens is 1. The Morgan fingerprint density at radius 1 is 1.11 bits per heavy atom. The molecule has 2 aliphatic heterocycles. The molecule has 1 aromatic heterocycles. The van der Waals surface area contributed by atoms with Gasteiger partial charge in [0.25, 0.3) is 0 Å². The van der Waals surface area contributed by atoms with Crippen LogP contribution in [0.5, 0.6) is 5.75 Å². The van der Waals surface area contributed by atoms with Crippen molar-refractivity contribution in [3.8, 4) is 5.75 Å². The second kappa shape index (κ2) is 10.5. The van der Waals surface area contributed by atoms with Gasteiger partial charge in [0.05, 0.1) is 11.4 Å². The maximum absolute atomic E-state index is 13.6. The monoisotopic (exact) mass is 486 g/mol. The summed E-state index contributed by atoms with van der Waals surface area (Å²) in [7, 11) is 1.83.